The van der Waals surface area contributed by atoms with Crippen LogP contribution < -0.4 is 11.5 Å². The molecule has 0 aromatic heterocycles. The van der Waals surface area contributed by atoms with Gasteiger partial charge in [0.1, 0.15) is 0 Å². The van der Waals surface area contributed by atoms with Crippen molar-refractivity contribution in [2.45, 2.75) is 4.30 Å². The van der Waals surface area contributed by atoms with Crippen molar-refractivity contribution in [2.24, 2.45) is 11.5 Å². The molecule has 8 heavy (non-hydrogen) atoms. The van der Waals surface area contributed by atoms with Gasteiger partial charge in [0.25, 0.3) is 0 Å². The minimum absolute atomic E-state index is 0.597. The van der Waals surface area contributed by atoms with Crippen molar-refractivity contribution < 1.29 is 0 Å². The van der Waals surface area contributed by atoms with E-state index in [0.717, 1.165) is 0 Å². The summed E-state index contributed by atoms with van der Waals surface area (Å²) in [5, 5.41) is 0. The minimum Gasteiger partial charge on any atom is -0.329 e. The van der Waals surface area contributed by atoms with Crippen LogP contribution in [0.4, 0.5) is 0 Å². The largest absolute Gasteiger partial charge is 0.329 e. The highest BCUT2D eigenvalue weighted by Gasteiger charge is 1.78. The smallest absolute Gasteiger partial charge is 0.180 e. The molecule has 0 aromatic rings. The van der Waals surface area contributed by atoms with Crippen LogP contribution in [0.5, 0.6) is 0 Å². The Bertz CT molecular complexity index is 29.0. The molecule has 0 heterocycles. The van der Waals surface area contributed by atoms with Gasteiger partial charge in [0.05, 0.1) is 0 Å². The minimum atomic E-state index is -0.750. The lowest BCUT2D eigenvalue weighted by molar-refractivity contribution is 0.976. The van der Waals surface area contributed by atoms with Crippen LogP contribution >= 0.6 is 34.8 Å². The van der Waals surface area contributed by atoms with E-state index in [1.54, 1.807) is 0 Å². The lowest BCUT2D eigenvalue weighted by Crippen LogP contribution is -2.11. The van der Waals surface area contributed by atoms with Crippen LogP contribution in [0, 0.1) is 0 Å². The van der Waals surface area contributed by atoms with Gasteiger partial charge in [0.2, 0.25) is 0 Å². The molecule has 0 aliphatic rings. The number of alkyl halides is 3. The van der Waals surface area contributed by atoms with Crippen LogP contribution in [0.1, 0.15) is 0 Å². The summed E-state index contributed by atoms with van der Waals surface area (Å²) < 4.78 is -0.750. The lowest BCUT2D eigenvalue weighted by atomic mass is 10.7. The summed E-state index contributed by atoms with van der Waals surface area (Å²) in [4.78, 5) is 0. The average Bonchev–Trinajstić information content (AvgIpc) is 1.65. The number of nitrogens with two attached hydrogens (primary N) is 2. The van der Waals surface area contributed by atoms with Gasteiger partial charge in [0, 0.05) is 13.1 Å². The van der Waals surface area contributed by atoms with Gasteiger partial charge in [-0.15, -0.1) is 0 Å². The highest BCUT2D eigenvalue weighted by molar-refractivity contribution is 6.63. The third-order valence-corrected chi connectivity index (χ3v) is 0.167. The zero-order valence-electron chi connectivity index (χ0n) is 4.28. The maximum atomic E-state index is 4.90. The maximum Gasteiger partial charge on any atom is 0.180 e. The first kappa shape index (κ1) is 11.6. The molecule has 0 atom stereocenters. The van der Waals surface area contributed by atoms with Crippen LogP contribution in [0.25, 0.3) is 0 Å². The molecule has 0 unspecified atom stereocenters. The molecule has 0 radical (unpaired) electrons. The van der Waals surface area contributed by atoms with Crippen molar-refractivity contribution in [3.8, 4) is 0 Å². The summed E-state index contributed by atoms with van der Waals surface area (Å²) in [6, 6.07) is 0. The third-order valence-electron chi connectivity index (χ3n) is 0.167. The molecule has 0 rings (SSSR count). The second-order valence-corrected chi connectivity index (χ2v) is 2.80. The van der Waals surface area contributed by atoms with E-state index < -0.39 is 4.30 Å². The number of hydrogen-bond acceptors (Lipinski definition) is 2. The second-order valence-electron chi connectivity index (χ2n) is 0.825. The van der Waals surface area contributed by atoms with Crippen molar-refractivity contribution in [1.29, 1.82) is 0 Å². The van der Waals surface area contributed by atoms with E-state index in [1.165, 1.54) is 0 Å². The molecule has 0 bridgehead atoms. The molecule has 0 spiro atoms. The summed E-state index contributed by atoms with van der Waals surface area (Å²) in [6.07, 6.45) is 0. The predicted molar refractivity (Wildman–Crippen MR) is 39.5 cm³/mol. The fraction of sp³-hybridized carbons (Fsp3) is 1.00. The van der Waals surface area contributed by atoms with Crippen LogP contribution in [-0.4, -0.2) is 17.4 Å². The first-order valence-corrected chi connectivity index (χ1v) is 3.28. The van der Waals surface area contributed by atoms with Gasteiger partial charge in [0.15, 0.2) is 4.30 Å². The topological polar surface area (TPSA) is 52.0 Å². The summed E-state index contributed by atoms with van der Waals surface area (Å²) >= 11 is 14.4. The van der Waals surface area contributed by atoms with Gasteiger partial charge in [-0.2, -0.15) is 0 Å². The number of hydrogen-bond donors (Lipinski definition) is 2. The van der Waals surface area contributed by atoms with E-state index in [4.69, 9.17) is 46.3 Å². The van der Waals surface area contributed by atoms with Gasteiger partial charge < -0.3 is 11.5 Å². The van der Waals surface area contributed by atoms with Gasteiger partial charge in [-0.3, -0.25) is 0 Å². The van der Waals surface area contributed by atoms with Gasteiger partial charge in [-0.1, -0.05) is 34.8 Å². The van der Waals surface area contributed by atoms with E-state index in [0.29, 0.717) is 13.1 Å². The van der Waals surface area contributed by atoms with Gasteiger partial charge in [-0.25, -0.2) is 0 Å². The number of halogens is 3. The van der Waals surface area contributed by atoms with Crippen molar-refractivity contribution in [3.05, 3.63) is 0 Å². The van der Waals surface area contributed by atoms with Gasteiger partial charge in [-0.05, 0) is 0 Å². The van der Waals surface area contributed by atoms with Crippen molar-refractivity contribution in [3.63, 3.8) is 0 Å². The van der Waals surface area contributed by atoms with Crippen molar-refractivity contribution in [1.82, 2.24) is 0 Å². The molecule has 4 N–H and O–H groups in total. The van der Waals surface area contributed by atoms with E-state index in [-0.39, 0.29) is 0 Å². The van der Waals surface area contributed by atoms with E-state index in [2.05, 4.69) is 0 Å². The van der Waals surface area contributed by atoms with Crippen LogP contribution in [-0.2, 0) is 0 Å². The quantitative estimate of drug-likeness (QED) is 0.588. The van der Waals surface area contributed by atoms with Crippen LogP contribution in [0.2, 0.25) is 0 Å². The first-order valence-electron chi connectivity index (χ1n) is 1.97. The van der Waals surface area contributed by atoms with E-state index in [9.17, 15) is 0 Å². The van der Waals surface area contributed by atoms with Crippen molar-refractivity contribution in [2.75, 3.05) is 13.1 Å². The fourth-order valence-electron chi connectivity index (χ4n) is 0. The SMILES string of the molecule is ClC(Cl)Cl.NCCN. The molecular formula is C3H9Cl3N2. The molecule has 0 amide bonds. The lowest BCUT2D eigenvalue weighted by Gasteiger charge is -1.72. The third kappa shape index (κ3) is 71.0. The maximum absolute atomic E-state index is 4.90. The van der Waals surface area contributed by atoms with E-state index in [1.807, 2.05) is 0 Å². The number of rotatable bonds is 1. The Morgan fingerprint density at radius 2 is 1.12 bits per heavy atom. The monoisotopic (exact) mass is 178 g/mol. The summed E-state index contributed by atoms with van der Waals surface area (Å²) in [7, 11) is 0. The highest BCUT2D eigenvalue weighted by Crippen LogP contribution is 2.03. The molecular weight excluding hydrogens is 170 g/mol. The summed E-state index contributed by atoms with van der Waals surface area (Å²) in [6.45, 7) is 1.19. The van der Waals surface area contributed by atoms with E-state index >= 15 is 0 Å². The van der Waals surface area contributed by atoms with Crippen LogP contribution in [0.3, 0.4) is 0 Å². The molecule has 0 aliphatic heterocycles. The Morgan fingerprint density at radius 1 is 1.00 bits per heavy atom. The Hall–Kier alpha value is 0.790. The molecule has 0 saturated carbocycles. The zero-order chi connectivity index (χ0) is 6.99. The standard InChI is InChI=1S/C2H8N2.CHCl3/c3-1-2-4;2-1(3)4/h1-4H2;1H. The van der Waals surface area contributed by atoms with Crippen LogP contribution in [0.15, 0.2) is 0 Å². The molecule has 2 nitrogen and oxygen atoms in total. The Kier molecular flexibility index (Phi) is 15.5. The van der Waals surface area contributed by atoms with Crippen molar-refractivity contribution >= 4 is 34.8 Å². The second kappa shape index (κ2) is 10.7. The Balaban J connectivity index is 0. The normalized spacial score (nSPS) is 8.25. The molecule has 0 aromatic carbocycles. The highest BCUT2D eigenvalue weighted by atomic mass is 35.6. The molecule has 0 saturated heterocycles. The zero-order valence-corrected chi connectivity index (χ0v) is 6.55. The summed E-state index contributed by atoms with van der Waals surface area (Å²) in [5.74, 6) is 0. The molecule has 0 fully saturated rings. The molecule has 52 valence electrons. The predicted octanol–water partition coefficient (Wildman–Crippen LogP) is 0.890. The summed E-state index contributed by atoms with van der Waals surface area (Å²) in [5.41, 5.74) is 9.81. The van der Waals surface area contributed by atoms with Gasteiger partial charge >= 0.3 is 0 Å². The molecule has 0 aliphatic carbocycles. The molecule has 5 heteroatoms. The first-order chi connectivity index (χ1) is 3.65. The average molecular weight is 179 g/mol. The fourth-order valence-corrected chi connectivity index (χ4v) is 0. The Morgan fingerprint density at radius 3 is 1.12 bits per heavy atom. The Labute approximate surface area is 64.1 Å².